The summed E-state index contributed by atoms with van der Waals surface area (Å²) in [5, 5.41) is 0.345. The van der Waals surface area contributed by atoms with Crippen molar-refractivity contribution >= 4 is 21.9 Å². The molecule has 1 nitrogen and oxygen atoms in total. The minimum absolute atomic E-state index is 0.345. The molecule has 0 saturated heterocycles. The number of halogens is 1. The molecule has 0 fully saturated rings. The fourth-order valence-electron chi connectivity index (χ4n) is 0.823. The van der Waals surface area contributed by atoms with Gasteiger partial charge in [-0.05, 0) is 24.6 Å². The third kappa shape index (κ3) is 9.02. The average molecular weight is 347 g/mol. The molecule has 4 heteroatoms. The Bertz CT molecular complexity index is 146. The molecule has 0 aromatic heterocycles. The predicted molar refractivity (Wildman–Crippen MR) is 71.3 cm³/mol. The quantitative estimate of drug-likeness (QED) is 0.392. The van der Waals surface area contributed by atoms with Crippen molar-refractivity contribution in [1.29, 1.82) is 0 Å². The van der Waals surface area contributed by atoms with Gasteiger partial charge in [-0.3, -0.25) is 0 Å². The fraction of sp³-hybridized carbons (Fsp3) is 0.909. The topological polar surface area (TPSA) is 9.23 Å². The van der Waals surface area contributed by atoms with Crippen molar-refractivity contribution in [2.24, 2.45) is 0 Å². The van der Waals surface area contributed by atoms with Crippen molar-refractivity contribution in [1.82, 2.24) is 0 Å². The van der Waals surface area contributed by atoms with Crippen LogP contribution in [0.15, 0.2) is 0 Å². The van der Waals surface area contributed by atoms with E-state index in [-0.39, 0.29) is 0 Å². The molecule has 0 spiro atoms. The molecule has 15 heavy (non-hydrogen) atoms. The molecule has 0 heterocycles. The maximum atomic E-state index is 6.01. The Morgan fingerprint density at radius 2 is 1.67 bits per heavy atom. The summed E-state index contributed by atoms with van der Waals surface area (Å²) in [6, 6.07) is 0. The van der Waals surface area contributed by atoms with Gasteiger partial charge < -0.3 is 11.3 Å². The molecule has 88 valence electrons. The van der Waals surface area contributed by atoms with E-state index in [1.807, 2.05) is 0 Å². The summed E-state index contributed by atoms with van der Waals surface area (Å²) in [5.74, 6) is 0. The Balaban J connectivity index is 0. The fourth-order valence-corrected chi connectivity index (χ4v) is 1.91. The summed E-state index contributed by atoms with van der Waals surface area (Å²) >= 11 is 4.25. The molecule has 0 saturated carbocycles. The van der Waals surface area contributed by atoms with Crippen LogP contribution in [0.1, 0.15) is 40.0 Å². The van der Waals surface area contributed by atoms with Crippen molar-refractivity contribution in [3.05, 3.63) is 6.92 Å². The van der Waals surface area contributed by atoms with Gasteiger partial charge in [0, 0.05) is 6.61 Å². The molecule has 0 radical (unpaired) electrons. The number of unbranched alkanes of at least 4 members (excludes halogenated alkanes) is 2. The minimum atomic E-state index is -1.48. The van der Waals surface area contributed by atoms with E-state index in [1.165, 1.54) is 22.8 Å². The third-order valence-corrected chi connectivity index (χ3v) is 7.45. The Morgan fingerprint density at radius 3 is 2.00 bits per heavy atom. The first-order valence-corrected chi connectivity index (χ1v) is 15.4. The van der Waals surface area contributed by atoms with Crippen molar-refractivity contribution in [2.75, 3.05) is 6.61 Å². The summed E-state index contributed by atoms with van der Waals surface area (Å²) in [7, 11) is -1.48. The van der Waals surface area contributed by atoms with Crippen molar-refractivity contribution in [2.45, 2.75) is 58.2 Å². The maximum absolute atomic E-state index is 6.01. The van der Waals surface area contributed by atoms with Gasteiger partial charge in [-0.2, -0.15) is 6.42 Å². The van der Waals surface area contributed by atoms with E-state index in [0.717, 1.165) is 19.4 Å². The van der Waals surface area contributed by atoms with E-state index < -0.39 is 8.32 Å². The van der Waals surface area contributed by atoms with Gasteiger partial charge in [0.2, 0.25) is 0 Å². The Hall–Kier alpha value is 1.28. The average Bonchev–Trinajstić information content (AvgIpc) is 2.14. The van der Waals surface area contributed by atoms with E-state index in [2.05, 4.69) is 54.4 Å². The second kappa shape index (κ2) is 9.32. The standard InChI is InChI=1S/C11H25OSi.BrH.Zn/c1-7-8-9-10-12-13(5,6)11(2,3)4;;/h1,7-10H2,2-6H3;1H;/q-1;;+2/p-1. The number of hydrogen-bond acceptors (Lipinski definition) is 1. The van der Waals surface area contributed by atoms with E-state index >= 15 is 0 Å². The molecule has 0 atom stereocenters. The van der Waals surface area contributed by atoms with Crippen molar-refractivity contribution in [3.63, 3.8) is 0 Å². The van der Waals surface area contributed by atoms with Crippen LogP contribution in [0.3, 0.4) is 0 Å². The second-order valence-electron chi connectivity index (χ2n) is 5.17. The van der Waals surface area contributed by atoms with Crippen LogP contribution in [0.2, 0.25) is 18.1 Å². The van der Waals surface area contributed by atoms with E-state index in [4.69, 9.17) is 4.43 Å². The molecule has 0 bridgehead atoms. The molecule has 0 amide bonds. The molecular weight excluding hydrogens is 321 g/mol. The van der Waals surface area contributed by atoms with E-state index in [0.29, 0.717) is 5.04 Å². The van der Waals surface area contributed by atoms with Gasteiger partial charge in [0.1, 0.15) is 0 Å². The van der Waals surface area contributed by atoms with Gasteiger partial charge in [-0.15, -0.1) is 0 Å². The summed E-state index contributed by atoms with van der Waals surface area (Å²) < 4.78 is 6.01. The van der Waals surface area contributed by atoms with Crippen LogP contribution in [-0.4, -0.2) is 14.9 Å². The molecule has 0 aliphatic carbocycles. The Kier molecular flexibility index (Phi) is 11.6. The normalized spacial score (nSPS) is 12.1. The van der Waals surface area contributed by atoms with Crippen molar-refractivity contribution in [3.8, 4) is 0 Å². The Morgan fingerprint density at radius 1 is 1.20 bits per heavy atom. The predicted octanol–water partition coefficient (Wildman–Crippen LogP) is 4.86. The number of rotatable bonds is 5. The summed E-state index contributed by atoms with van der Waals surface area (Å²) in [5.41, 5.74) is 0. The zero-order chi connectivity index (χ0) is 12.5. The molecule has 0 rings (SSSR count). The SMILES string of the molecule is [CH2-]CCCCO[Si](C)(C)C(C)(C)C.[Zn+][Br]. The first-order valence-electron chi connectivity index (χ1n) is 5.51. The van der Waals surface area contributed by atoms with Gasteiger partial charge >= 0.3 is 30.0 Å². The van der Waals surface area contributed by atoms with Gasteiger partial charge in [0.15, 0.2) is 8.32 Å². The molecule has 0 N–H and O–H groups in total. The third-order valence-electron chi connectivity index (χ3n) is 2.91. The van der Waals surface area contributed by atoms with Crippen LogP contribution in [0.4, 0.5) is 0 Å². The van der Waals surface area contributed by atoms with Crippen LogP contribution in [-0.2, 0) is 20.8 Å². The Labute approximate surface area is 114 Å². The zero-order valence-corrected chi connectivity index (χ0v) is 16.6. The second-order valence-corrected chi connectivity index (χ2v) is 9.98. The van der Waals surface area contributed by atoms with Crippen LogP contribution in [0, 0.1) is 6.92 Å². The van der Waals surface area contributed by atoms with Crippen LogP contribution in [0.25, 0.3) is 0 Å². The van der Waals surface area contributed by atoms with E-state index in [9.17, 15) is 0 Å². The monoisotopic (exact) mass is 344 g/mol. The first-order chi connectivity index (χ1) is 6.81. The molecule has 0 aromatic rings. The van der Waals surface area contributed by atoms with Crippen LogP contribution < -0.4 is 0 Å². The van der Waals surface area contributed by atoms with Crippen molar-refractivity contribution < 1.29 is 20.8 Å². The van der Waals surface area contributed by atoms with Crippen LogP contribution >= 0.6 is 13.6 Å². The van der Waals surface area contributed by atoms with Gasteiger partial charge in [-0.1, -0.05) is 27.2 Å². The van der Waals surface area contributed by atoms with Gasteiger partial charge in [0.25, 0.3) is 0 Å². The molecule has 0 aromatic carbocycles. The molecule has 0 aliphatic rings. The van der Waals surface area contributed by atoms with E-state index in [1.54, 1.807) is 0 Å². The zero-order valence-electron chi connectivity index (χ0n) is 11.0. The summed E-state index contributed by atoms with van der Waals surface area (Å²) in [6.07, 6.45) is 3.38. The summed E-state index contributed by atoms with van der Waals surface area (Å²) in [4.78, 5) is 0. The van der Waals surface area contributed by atoms with Crippen LogP contribution in [0.5, 0.6) is 0 Å². The van der Waals surface area contributed by atoms with Gasteiger partial charge in [0.05, 0.1) is 0 Å². The molecular formula is C11H25BrOSiZn. The molecule has 0 unspecified atom stereocenters. The summed E-state index contributed by atoms with van der Waals surface area (Å²) in [6.45, 7) is 16.2. The molecule has 0 aliphatic heterocycles. The number of hydrogen-bond donors (Lipinski definition) is 0. The van der Waals surface area contributed by atoms with Gasteiger partial charge in [-0.25, -0.2) is 0 Å². The first kappa shape index (κ1) is 18.6.